The van der Waals surface area contributed by atoms with E-state index >= 15 is 0 Å². The Morgan fingerprint density at radius 1 is 1.24 bits per heavy atom. The van der Waals surface area contributed by atoms with Gasteiger partial charge in [-0.15, -0.1) is 0 Å². The predicted octanol–water partition coefficient (Wildman–Crippen LogP) is 2.67. The van der Waals surface area contributed by atoms with E-state index in [1.165, 1.54) is 18.2 Å². The minimum Gasteiger partial charge on any atom is -0.485 e. The zero-order valence-corrected chi connectivity index (χ0v) is 11.1. The number of aromatic nitrogens is 2. The lowest BCUT2D eigenvalue weighted by Crippen LogP contribution is -2.13. The average molecular weight is 298 g/mol. The lowest BCUT2D eigenvalue weighted by molar-refractivity contribution is -0.139. The first kappa shape index (κ1) is 15.0. The van der Waals surface area contributed by atoms with Gasteiger partial charge in [0, 0.05) is 11.8 Å². The molecule has 21 heavy (non-hydrogen) atoms. The molecule has 5 nitrogen and oxygen atoms in total. The summed E-state index contributed by atoms with van der Waals surface area (Å²) in [6.45, 7) is 1.53. The van der Waals surface area contributed by atoms with Crippen molar-refractivity contribution in [2.45, 2.75) is 19.7 Å². The summed E-state index contributed by atoms with van der Waals surface area (Å²) in [6, 6.07) is 6.58. The van der Waals surface area contributed by atoms with Gasteiger partial charge in [-0.2, -0.15) is 13.2 Å². The molecule has 0 aliphatic heterocycles. The van der Waals surface area contributed by atoms with Crippen molar-refractivity contribution in [3.05, 3.63) is 47.4 Å². The fourth-order valence-corrected chi connectivity index (χ4v) is 1.74. The normalized spacial score (nSPS) is 11.3. The SMILES string of the molecule is Cc1cc(NN)nc(COc2ccccc2C(F)(F)F)n1. The Morgan fingerprint density at radius 3 is 2.62 bits per heavy atom. The van der Waals surface area contributed by atoms with Gasteiger partial charge in [0.05, 0.1) is 5.56 Å². The molecule has 0 radical (unpaired) electrons. The molecule has 2 rings (SSSR count). The number of nitrogen functional groups attached to an aromatic ring is 1. The molecule has 1 aromatic heterocycles. The molecule has 2 aromatic rings. The Hall–Kier alpha value is -2.35. The molecule has 1 aromatic carbocycles. The van der Waals surface area contributed by atoms with Gasteiger partial charge in [-0.25, -0.2) is 15.8 Å². The Kier molecular flexibility index (Phi) is 4.27. The lowest BCUT2D eigenvalue weighted by Gasteiger charge is -2.13. The summed E-state index contributed by atoms with van der Waals surface area (Å²) >= 11 is 0. The third-order valence-electron chi connectivity index (χ3n) is 2.60. The zero-order chi connectivity index (χ0) is 15.5. The van der Waals surface area contributed by atoms with Crippen LogP contribution >= 0.6 is 0 Å². The molecule has 0 aliphatic rings. The smallest absolute Gasteiger partial charge is 0.419 e. The monoisotopic (exact) mass is 298 g/mol. The zero-order valence-electron chi connectivity index (χ0n) is 11.1. The maximum atomic E-state index is 12.8. The first-order chi connectivity index (χ1) is 9.90. The summed E-state index contributed by atoms with van der Waals surface area (Å²) in [5.41, 5.74) is 2.14. The van der Waals surface area contributed by atoms with Crippen LogP contribution in [0.2, 0.25) is 0 Å². The van der Waals surface area contributed by atoms with E-state index in [9.17, 15) is 13.2 Å². The number of hydrogen-bond donors (Lipinski definition) is 2. The van der Waals surface area contributed by atoms with Crippen LogP contribution in [0.3, 0.4) is 0 Å². The predicted molar refractivity (Wildman–Crippen MR) is 70.4 cm³/mol. The molecule has 0 fully saturated rings. The Balaban J connectivity index is 2.19. The van der Waals surface area contributed by atoms with Gasteiger partial charge in [0.25, 0.3) is 0 Å². The molecule has 0 unspecified atom stereocenters. The molecular formula is C13H13F3N4O. The van der Waals surface area contributed by atoms with E-state index in [0.29, 0.717) is 11.5 Å². The van der Waals surface area contributed by atoms with Crippen LogP contribution in [-0.2, 0) is 12.8 Å². The minimum absolute atomic E-state index is 0.191. The van der Waals surface area contributed by atoms with Gasteiger partial charge in [-0.1, -0.05) is 12.1 Å². The second kappa shape index (κ2) is 5.96. The quantitative estimate of drug-likeness (QED) is 0.670. The van der Waals surface area contributed by atoms with E-state index in [2.05, 4.69) is 15.4 Å². The molecule has 0 saturated carbocycles. The van der Waals surface area contributed by atoms with Crippen LogP contribution in [0.25, 0.3) is 0 Å². The van der Waals surface area contributed by atoms with Crippen LogP contribution < -0.4 is 16.0 Å². The van der Waals surface area contributed by atoms with Crippen LogP contribution in [0.5, 0.6) is 5.75 Å². The fraction of sp³-hybridized carbons (Fsp3) is 0.231. The second-order valence-electron chi connectivity index (χ2n) is 4.24. The first-order valence-corrected chi connectivity index (χ1v) is 6.00. The van der Waals surface area contributed by atoms with E-state index in [-0.39, 0.29) is 18.2 Å². The van der Waals surface area contributed by atoms with E-state index < -0.39 is 11.7 Å². The number of hydrazine groups is 1. The van der Waals surface area contributed by atoms with Gasteiger partial charge < -0.3 is 10.2 Å². The van der Waals surface area contributed by atoms with E-state index in [1.807, 2.05) is 0 Å². The number of alkyl halides is 3. The molecule has 8 heteroatoms. The maximum Gasteiger partial charge on any atom is 0.419 e. The highest BCUT2D eigenvalue weighted by atomic mass is 19.4. The van der Waals surface area contributed by atoms with Crippen molar-refractivity contribution in [3.8, 4) is 5.75 Å². The summed E-state index contributed by atoms with van der Waals surface area (Å²) in [5, 5.41) is 0. The molecule has 0 spiro atoms. The second-order valence-corrected chi connectivity index (χ2v) is 4.24. The molecular weight excluding hydrogens is 285 g/mol. The Labute approximate surface area is 118 Å². The largest absolute Gasteiger partial charge is 0.485 e. The number of hydrogen-bond acceptors (Lipinski definition) is 5. The highest BCUT2D eigenvalue weighted by molar-refractivity contribution is 5.36. The highest BCUT2D eigenvalue weighted by Gasteiger charge is 2.34. The number of nitrogens with one attached hydrogen (secondary N) is 1. The van der Waals surface area contributed by atoms with Gasteiger partial charge in [0.1, 0.15) is 18.2 Å². The molecule has 0 bridgehead atoms. The Bertz CT molecular complexity index is 631. The minimum atomic E-state index is -4.48. The number of aryl methyl sites for hydroxylation is 1. The number of benzene rings is 1. The summed E-state index contributed by atoms with van der Waals surface area (Å²) in [4.78, 5) is 8.08. The topological polar surface area (TPSA) is 73.1 Å². The summed E-state index contributed by atoms with van der Waals surface area (Å²) in [6.07, 6.45) is -4.48. The molecule has 0 aliphatic carbocycles. The molecule has 112 valence electrons. The third kappa shape index (κ3) is 3.82. The maximum absolute atomic E-state index is 12.8. The van der Waals surface area contributed by atoms with Crippen molar-refractivity contribution in [3.63, 3.8) is 0 Å². The van der Waals surface area contributed by atoms with Crippen LogP contribution in [0.1, 0.15) is 17.1 Å². The van der Waals surface area contributed by atoms with Gasteiger partial charge in [-0.3, -0.25) is 0 Å². The standard InChI is InChI=1S/C13H13F3N4O/c1-8-6-11(20-17)19-12(18-8)7-21-10-5-3-2-4-9(10)13(14,15)16/h2-6H,7,17H2,1H3,(H,18,19,20). The van der Waals surface area contributed by atoms with Gasteiger partial charge in [0.15, 0.2) is 5.82 Å². The van der Waals surface area contributed by atoms with Crippen LogP contribution in [0.4, 0.5) is 19.0 Å². The van der Waals surface area contributed by atoms with Crippen molar-refractivity contribution in [1.29, 1.82) is 0 Å². The average Bonchev–Trinajstić information content (AvgIpc) is 2.44. The number of para-hydroxylation sites is 1. The lowest BCUT2D eigenvalue weighted by atomic mass is 10.2. The summed E-state index contributed by atoms with van der Waals surface area (Å²) in [7, 11) is 0. The number of nitrogens with two attached hydrogens (primary N) is 1. The van der Waals surface area contributed by atoms with Crippen molar-refractivity contribution in [2.24, 2.45) is 5.84 Å². The number of nitrogens with zero attached hydrogens (tertiary/aromatic N) is 2. The van der Waals surface area contributed by atoms with E-state index in [1.54, 1.807) is 13.0 Å². The van der Waals surface area contributed by atoms with Crippen LogP contribution in [0.15, 0.2) is 30.3 Å². The van der Waals surface area contributed by atoms with Gasteiger partial charge in [-0.05, 0) is 19.1 Å². The number of anilines is 1. The number of halogens is 3. The van der Waals surface area contributed by atoms with Crippen molar-refractivity contribution >= 4 is 5.82 Å². The van der Waals surface area contributed by atoms with E-state index in [0.717, 1.165) is 6.07 Å². The van der Waals surface area contributed by atoms with Crippen molar-refractivity contribution in [2.75, 3.05) is 5.43 Å². The molecule has 0 amide bonds. The summed E-state index contributed by atoms with van der Waals surface area (Å²) < 4.78 is 43.6. The van der Waals surface area contributed by atoms with Crippen LogP contribution in [-0.4, -0.2) is 9.97 Å². The first-order valence-electron chi connectivity index (χ1n) is 6.00. The molecule has 0 atom stereocenters. The number of rotatable bonds is 4. The number of ether oxygens (including phenoxy) is 1. The molecule has 3 N–H and O–H groups in total. The van der Waals surface area contributed by atoms with Crippen LogP contribution in [0, 0.1) is 6.92 Å². The third-order valence-corrected chi connectivity index (χ3v) is 2.60. The molecule has 1 heterocycles. The summed E-state index contributed by atoms with van der Waals surface area (Å²) in [5.74, 6) is 5.58. The van der Waals surface area contributed by atoms with Gasteiger partial charge in [0.2, 0.25) is 0 Å². The molecule has 0 saturated heterocycles. The van der Waals surface area contributed by atoms with Gasteiger partial charge >= 0.3 is 6.18 Å². The van der Waals surface area contributed by atoms with Crippen molar-refractivity contribution < 1.29 is 17.9 Å². The van der Waals surface area contributed by atoms with Crippen molar-refractivity contribution in [1.82, 2.24) is 9.97 Å². The fourth-order valence-electron chi connectivity index (χ4n) is 1.74. The highest BCUT2D eigenvalue weighted by Crippen LogP contribution is 2.36. The van der Waals surface area contributed by atoms with E-state index in [4.69, 9.17) is 10.6 Å². The Morgan fingerprint density at radius 2 is 1.95 bits per heavy atom.